The maximum absolute atomic E-state index is 13.4. The summed E-state index contributed by atoms with van der Waals surface area (Å²) in [4.78, 5) is 37.4. The number of nitrogens with zero attached hydrogens (tertiary/aromatic N) is 1. The summed E-state index contributed by atoms with van der Waals surface area (Å²) >= 11 is 0. The zero-order valence-corrected chi connectivity index (χ0v) is 44.3. The third-order valence-electron chi connectivity index (χ3n) is 11.5. The third-order valence-corrected chi connectivity index (χ3v) is 12.5. The van der Waals surface area contributed by atoms with E-state index in [-0.39, 0.29) is 31.5 Å². The molecule has 0 rings (SSSR count). The van der Waals surface area contributed by atoms with Gasteiger partial charge in [0.2, 0.25) is 5.91 Å². The minimum atomic E-state index is -4.45. The van der Waals surface area contributed by atoms with Gasteiger partial charge in [-0.1, -0.05) is 203 Å². The molecule has 0 saturated carbocycles. The van der Waals surface area contributed by atoms with Crippen LogP contribution in [0.5, 0.6) is 0 Å². The highest BCUT2D eigenvalue weighted by molar-refractivity contribution is 7.47. The number of hydrogen-bond donors (Lipinski definition) is 2. The smallest absolute Gasteiger partial charge is 0.456 e. The molecule has 2 N–H and O–H groups in total. The summed E-state index contributed by atoms with van der Waals surface area (Å²) in [6, 6.07) is -0.871. The Hall–Kier alpha value is -2.55. The van der Waals surface area contributed by atoms with Crippen molar-refractivity contribution in [3.05, 3.63) is 72.9 Å². The van der Waals surface area contributed by atoms with E-state index in [1.807, 2.05) is 39.4 Å². The standard InChI is InChI=1S/C56H101N2O7P/c1-7-10-13-16-19-22-25-27-28-29-31-33-36-39-42-45-48-55(59)57-53(52-64-66(61,62)63-51-50-58(4,5)6)54(47-44-41-38-35-32-24-21-18-15-12-9-3)65-56(60)49-46-43-40-37-34-30-26-23-20-17-14-11-8-2/h11,14,17,20,23,26,28-29,31,33,44,47,53-54H,7-10,12-13,15-16,18-19,21-22,24-25,27,30,32,34-43,45-46,48-52H2,1-6H3,(H-,57,59,61,62)/p+1/b14-11+,20-17+,26-23-,29-28+,33-31+,47-44+. The Morgan fingerprint density at radius 1 is 0.545 bits per heavy atom. The van der Waals surface area contributed by atoms with E-state index < -0.39 is 20.0 Å². The molecule has 10 heteroatoms. The lowest BCUT2D eigenvalue weighted by molar-refractivity contribution is -0.870. The summed E-state index contributed by atoms with van der Waals surface area (Å²) in [5, 5.41) is 3.02. The molecule has 0 heterocycles. The minimum Gasteiger partial charge on any atom is -0.456 e. The number of allylic oxidation sites excluding steroid dienone is 11. The molecule has 0 aromatic heterocycles. The highest BCUT2D eigenvalue weighted by atomic mass is 31.2. The van der Waals surface area contributed by atoms with Crippen molar-refractivity contribution in [1.29, 1.82) is 0 Å². The van der Waals surface area contributed by atoms with E-state index >= 15 is 0 Å². The number of likely N-dealkylation sites (N-methyl/N-ethyl adjacent to an activating group) is 1. The molecule has 3 unspecified atom stereocenters. The second-order valence-corrected chi connectivity index (χ2v) is 20.6. The molecule has 0 aromatic rings. The van der Waals surface area contributed by atoms with Crippen LogP contribution in [-0.4, -0.2) is 74.3 Å². The summed E-state index contributed by atoms with van der Waals surface area (Å²) in [5.41, 5.74) is 0. The summed E-state index contributed by atoms with van der Waals surface area (Å²) in [6.45, 7) is 6.81. The molecule has 0 saturated heterocycles. The maximum Gasteiger partial charge on any atom is 0.472 e. The van der Waals surface area contributed by atoms with E-state index in [1.165, 1.54) is 89.9 Å². The lowest BCUT2D eigenvalue weighted by atomic mass is 10.1. The van der Waals surface area contributed by atoms with Crippen LogP contribution in [0, 0.1) is 0 Å². The summed E-state index contributed by atoms with van der Waals surface area (Å²) in [6.07, 6.45) is 57.6. The van der Waals surface area contributed by atoms with Gasteiger partial charge >= 0.3 is 13.8 Å². The number of ether oxygens (including phenoxy) is 1. The number of hydrogen-bond acceptors (Lipinski definition) is 6. The predicted octanol–water partition coefficient (Wildman–Crippen LogP) is 15.7. The highest BCUT2D eigenvalue weighted by Crippen LogP contribution is 2.43. The van der Waals surface area contributed by atoms with Crippen molar-refractivity contribution >= 4 is 19.7 Å². The van der Waals surface area contributed by atoms with Crippen LogP contribution >= 0.6 is 7.82 Å². The van der Waals surface area contributed by atoms with Crippen LogP contribution in [0.15, 0.2) is 72.9 Å². The Kier molecular flexibility index (Phi) is 44.4. The van der Waals surface area contributed by atoms with Crippen molar-refractivity contribution in [1.82, 2.24) is 5.32 Å². The van der Waals surface area contributed by atoms with E-state index in [0.717, 1.165) is 83.5 Å². The number of nitrogens with one attached hydrogen (secondary N) is 1. The van der Waals surface area contributed by atoms with E-state index in [4.69, 9.17) is 13.8 Å². The predicted molar refractivity (Wildman–Crippen MR) is 281 cm³/mol. The SMILES string of the molecule is CC/C=C/C=C/C=C\CCCCCCCC(=O)OC(/C=C/CCCCCCCCCCC)C(COP(=O)(O)OCC[N+](C)(C)C)NC(=O)CCCCC/C=C/C=C/CCCCCCCCC. The average molecular weight is 946 g/mol. The molecular formula is C56H102N2O7P+. The number of carbonyl (C=O) groups is 2. The molecule has 0 fully saturated rings. The fourth-order valence-electron chi connectivity index (χ4n) is 7.28. The van der Waals surface area contributed by atoms with E-state index in [2.05, 4.69) is 80.8 Å². The minimum absolute atomic E-state index is 0.0288. The molecule has 0 aliphatic carbocycles. The van der Waals surface area contributed by atoms with Crippen LogP contribution in [0.4, 0.5) is 0 Å². The molecule has 382 valence electrons. The number of quaternary nitrogens is 1. The average Bonchev–Trinajstić information content (AvgIpc) is 3.27. The number of phosphoric acid groups is 1. The van der Waals surface area contributed by atoms with Crippen molar-refractivity contribution in [2.75, 3.05) is 40.9 Å². The molecule has 0 bridgehead atoms. The Bertz CT molecular complexity index is 1370. The molecule has 0 aromatic carbocycles. The van der Waals surface area contributed by atoms with Gasteiger partial charge in [-0.2, -0.15) is 0 Å². The molecule has 0 spiro atoms. The zero-order valence-electron chi connectivity index (χ0n) is 43.4. The number of amides is 1. The van der Waals surface area contributed by atoms with Crippen molar-refractivity contribution in [3.63, 3.8) is 0 Å². The molecule has 1 amide bonds. The van der Waals surface area contributed by atoms with Gasteiger partial charge in [0.15, 0.2) is 0 Å². The monoisotopic (exact) mass is 946 g/mol. The maximum atomic E-state index is 13.4. The van der Waals surface area contributed by atoms with Crippen LogP contribution in [0.3, 0.4) is 0 Å². The first kappa shape index (κ1) is 63.5. The lowest BCUT2D eigenvalue weighted by Crippen LogP contribution is -2.47. The second kappa shape index (κ2) is 46.2. The van der Waals surface area contributed by atoms with Crippen LogP contribution < -0.4 is 5.32 Å². The molecule has 66 heavy (non-hydrogen) atoms. The van der Waals surface area contributed by atoms with Gasteiger partial charge in [0, 0.05) is 12.8 Å². The van der Waals surface area contributed by atoms with Gasteiger partial charge in [-0.15, -0.1) is 0 Å². The van der Waals surface area contributed by atoms with Crippen molar-refractivity contribution in [2.24, 2.45) is 0 Å². The molecule has 0 aliphatic rings. The Morgan fingerprint density at radius 3 is 1.47 bits per heavy atom. The van der Waals surface area contributed by atoms with Gasteiger partial charge in [0.05, 0.1) is 33.8 Å². The Balaban J connectivity index is 5.46. The van der Waals surface area contributed by atoms with Gasteiger partial charge in [-0.25, -0.2) is 4.57 Å². The summed E-state index contributed by atoms with van der Waals surface area (Å²) in [7, 11) is 1.46. The van der Waals surface area contributed by atoms with Crippen LogP contribution in [0.1, 0.15) is 220 Å². The van der Waals surface area contributed by atoms with Gasteiger partial charge in [0.1, 0.15) is 19.3 Å². The van der Waals surface area contributed by atoms with E-state index in [1.54, 1.807) is 0 Å². The first-order valence-electron chi connectivity index (χ1n) is 26.8. The molecule has 0 aliphatic heterocycles. The van der Waals surface area contributed by atoms with Crippen molar-refractivity contribution in [2.45, 2.75) is 232 Å². The summed E-state index contributed by atoms with van der Waals surface area (Å²) < 4.78 is 30.5. The molecule has 3 atom stereocenters. The number of esters is 1. The Morgan fingerprint density at radius 2 is 0.970 bits per heavy atom. The quantitative estimate of drug-likeness (QED) is 0.0156. The molecular weight excluding hydrogens is 844 g/mol. The number of carbonyl (C=O) groups excluding carboxylic acids is 2. The van der Waals surface area contributed by atoms with Crippen molar-refractivity contribution < 1.29 is 37.3 Å². The van der Waals surface area contributed by atoms with Gasteiger partial charge in [-0.3, -0.25) is 18.6 Å². The van der Waals surface area contributed by atoms with Gasteiger partial charge in [0.25, 0.3) is 0 Å². The number of unbranched alkanes of at least 4 members (excludes halogenated alkanes) is 24. The van der Waals surface area contributed by atoms with Gasteiger partial charge < -0.3 is 19.4 Å². The lowest BCUT2D eigenvalue weighted by Gasteiger charge is -2.27. The zero-order chi connectivity index (χ0) is 48.7. The third kappa shape index (κ3) is 46.6. The first-order chi connectivity index (χ1) is 31.9. The number of rotatable bonds is 47. The highest BCUT2D eigenvalue weighted by Gasteiger charge is 2.30. The van der Waals surface area contributed by atoms with E-state index in [9.17, 15) is 19.0 Å². The number of phosphoric ester groups is 1. The van der Waals surface area contributed by atoms with Gasteiger partial charge in [-0.05, 0) is 76.7 Å². The normalized spacial score (nSPS) is 14.5. The summed E-state index contributed by atoms with van der Waals surface area (Å²) in [5.74, 6) is -0.565. The first-order valence-corrected chi connectivity index (χ1v) is 28.3. The Labute approximate surface area is 406 Å². The largest absolute Gasteiger partial charge is 0.472 e. The van der Waals surface area contributed by atoms with Crippen LogP contribution in [-0.2, 0) is 27.9 Å². The fourth-order valence-corrected chi connectivity index (χ4v) is 8.02. The second-order valence-electron chi connectivity index (χ2n) is 19.1. The topological polar surface area (TPSA) is 111 Å². The van der Waals surface area contributed by atoms with Crippen LogP contribution in [0.25, 0.3) is 0 Å². The van der Waals surface area contributed by atoms with E-state index in [0.29, 0.717) is 30.3 Å². The molecule has 0 radical (unpaired) electrons. The van der Waals surface area contributed by atoms with Crippen molar-refractivity contribution in [3.8, 4) is 0 Å². The fraction of sp³-hybridized carbons (Fsp3) is 0.750. The molecule has 9 nitrogen and oxygen atoms in total. The van der Waals surface area contributed by atoms with Crippen LogP contribution in [0.2, 0.25) is 0 Å².